The molecule has 1 saturated carbocycles. The van der Waals surface area contributed by atoms with Crippen LogP contribution < -0.4 is 9.64 Å². The number of ether oxygens (including phenoxy) is 1. The van der Waals surface area contributed by atoms with Crippen molar-refractivity contribution in [2.24, 2.45) is 10.8 Å². The summed E-state index contributed by atoms with van der Waals surface area (Å²) in [5, 5.41) is 2.03. The Labute approximate surface area is 338 Å². The standard InChI is InChI=1S/C49H50F3NOS2/c1-45(2)28-46(3,4)30-47(29-45)39-25-33(49(50,51)52)17-20-35(39)42-37-26-40(55-5)41(56-6)27-38(37)44-36(43(42)47)21-22-48(54-44,31-13-9-7-10-14-31)32-15-18-34(19-16-32)53-23-11-8-12-24-53/h7,9-10,13-22,25-27H,8,11-12,23-24,28-30H2,1-6H3. The maximum atomic E-state index is 14.7. The van der Waals surface area contributed by atoms with E-state index in [2.05, 4.69) is 118 Å². The van der Waals surface area contributed by atoms with Crippen LogP contribution in [0.5, 0.6) is 5.75 Å². The maximum absolute atomic E-state index is 14.7. The lowest BCUT2D eigenvalue weighted by Crippen LogP contribution is -2.44. The van der Waals surface area contributed by atoms with Gasteiger partial charge in [0.05, 0.1) is 5.56 Å². The van der Waals surface area contributed by atoms with E-state index in [4.69, 9.17) is 4.74 Å². The van der Waals surface area contributed by atoms with Gasteiger partial charge in [-0.05, 0) is 132 Å². The van der Waals surface area contributed by atoms with Crippen LogP contribution in [0.25, 0.3) is 28.0 Å². The zero-order chi connectivity index (χ0) is 39.3. The van der Waals surface area contributed by atoms with Crippen molar-refractivity contribution >= 4 is 46.1 Å². The van der Waals surface area contributed by atoms with E-state index < -0.39 is 22.8 Å². The first kappa shape index (κ1) is 37.7. The number of hydrogen-bond acceptors (Lipinski definition) is 4. The van der Waals surface area contributed by atoms with Crippen molar-refractivity contribution in [1.82, 2.24) is 0 Å². The summed E-state index contributed by atoms with van der Waals surface area (Å²) in [6.07, 6.45) is 10.4. The molecule has 0 bridgehead atoms. The largest absolute Gasteiger partial charge is 0.472 e. The number of fused-ring (bicyclic) bond motifs is 10. The van der Waals surface area contributed by atoms with E-state index in [0.717, 1.165) is 97.6 Å². The smallest absolute Gasteiger partial charge is 0.416 e. The number of rotatable bonds is 5. The summed E-state index contributed by atoms with van der Waals surface area (Å²) >= 11 is 3.42. The predicted molar refractivity (Wildman–Crippen MR) is 230 cm³/mol. The van der Waals surface area contributed by atoms with Crippen LogP contribution in [-0.4, -0.2) is 25.6 Å². The Balaban J connectivity index is 1.35. The lowest BCUT2D eigenvalue weighted by atomic mass is 9.52. The third-order valence-corrected chi connectivity index (χ3v) is 14.6. The van der Waals surface area contributed by atoms with Crippen molar-refractivity contribution in [2.45, 2.75) is 93.2 Å². The fourth-order valence-electron chi connectivity index (χ4n) is 11.4. The lowest BCUT2D eigenvalue weighted by Gasteiger charge is -2.52. The molecule has 1 spiro atoms. The van der Waals surface area contributed by atoms with Crippen molar-refractivity contribution in [3.05, 3.63) is 124 Å². The van der Waals surface area contributed by atoms with Crippen molar-refractivity contribution in [1.29, 1.82) is 0 Å². The van der Waals surface area contributed by atoms with Gasteiger partial charge in [-0.3, -0.25) is 0 Å². The Hall–Kier alpha value is -3.81. The summed E-state index contributed by atoms with van der Waals surface area (Å²) in [6.45, 7) is 11.3. The van der Waals surface area contributed by atoms with E-state index in [0.29, 0.717) is 0 Å². The highest BCUT2D eigenvalue weighted by molar-refractivity contribution is 8.01. The maximum Gasteiger partial charge on any atom is 0.416 e. The van der Waals surface area contributed by atoms with Crippen LogP contribution in [0.1, 0.15) is 99.6 Å². The van der Waals surface area contributed by atoms with Crippen LogP contribution in [0.2, 0.25) is 0 Å². The quantitative estimate of drug-likeness (QED) is 0.164. The first-order chi connectivity index (χ1) is 26.7. The van der Waals surface area contributed by atoms with E-state index in [1.165, 1.54) is 37.1 Å². The molecule has 0 radical (unpaired) electrons. The predicted octanol–water partition coefficient (Wildman–Crippen LogP) is 14.1. The number of piperidine rings is 1. The van der Waals surface area contributed by atoms with E-state index >= 15 is 0 Å². The molecule has 56 heavy (non-hydrogen) atoms. The van der Waals surface area contributed by atoms with Gasteiger partial charge in [-0.15, -0.1) is 23.5 Å². The molecular formula is C49H50F3NOS2. The first-order valence-corrected chi connectivity index (χ1v) is 22.4. The minimum atomic E-state index is -4.45. The molecule has 5 aromatic rings. The lowest BCUT2D eigenvalue weighted by molar-refractivity contribution is -0.137. The molecule has 7 heteroatoms. The summed E-state index contributed by atoms with van der Waals surface area (Å²) < 4.78 is 51.7. The van der Waals surface area contributed by atoms with Gasteiger partial charge in [0.2, 0.25) is 0 Å². The van der Waals surface area contributed by atoms with Gasteiger partial charge < -0.3 is 9.64 Å². The molecule has 0 N–H and O–H groups in total. The van der Waals surface area contributed by atoms with Crippen molar-refractivity contribution in [3.8, 4) is 16.9 Å². The van der Waals surface area contributed by atoms with E-state index in [1.807, 2.05) is 6.07 Å². The van der Waals surface area contributed by atoms with E-state index in [9.17, 15) is 13.2 Å². The topological polar surface area (TPSA) is 12.5 Å². The van der Waals surface area contributed by atoms with Crippen molar-refractivity contribution < 1.29 is 17.9 Å². The molecule has 0 amide bonds. The highest BCUT2D eigenvalue weighted by Gasteiger charge is 2.56. The first-order valence-electron chi connectivity index (χ1n) is 20.0. The van der Waals surface area contributed by atoms with Gasteiger partial charge in [0, 0.05) is 56.1 Å². The second-order valence-electron chi connectivity index (χ2n) is 18.1. The Morgan fingerprint density at radius 3 is 1.95 bits per heavy atom. The highest BCUT2D eigenvalue weighted by Crippen LogP contribution is 2.67. The SMILES string of the molecule is CSc1cc2c3c(c4c(c2cc1SC)-c1ccc(C(F)(F)F)cc1C41CC(C)(C)CC(C)(C)C1)C=CC(c1ccccc1)(c1ccc(N2CCCCC2)cc1)O3. The fourth-order valence-corrected chi connectivity index (χ4v) is 12.9. The van der Waals surface area contributed by atoms with Gasteiger partial charge in [0.15, 0.2) is 5.60 Å². The second-order valence-corrected chi connectivity index (χ2v) is 19.8. The molecule has 4 aliphatic rings. The Kier molecular flexibility index (Phi) is 9.02. The molecule has 2 heterocycles. The number of thioether (sulfide) groups is 2. The summed E-state index contributed by atoms with van der Waals surface area (Å²) in [5.41, 5.74) is 5.80. The molecule has 1 saturated heterocycles. The number of alkyl halides is 3. The molecule has 0 aromatic heterocycles. The summed E-state index contributed by atoms with van der Waals surface area (Å²) in [4.78, 5) is 4.79. The third-order valence-electron chi connectivity index (χ3n) is 12.9. The number of anilines is 1. The molecule has 9 rings (SSSR count). The van der Waals surface area contributed by atoms with Crippen LogP contribution in [-0.2, 0) is 17.2 Å². The minimum Gasteiger partial charge on any atom is -0.472 e. The number of hydrogen-bond donors (Lipinski definition) is 0. The fraction of sp³-hybridized carbons (Fsp3) is 0.388. The van der Waals surface area contributed by atoms with Crippen molar-refractivity contribution in [3.63, 3.8) is 0 Å². The van der Waals surface area contributed by atoms with Gasteiger partial charge in [-0.1, -0.05) is 82.3 Å². The van der Waals surface area contributed by atoms with E-state index in [-0.39, 0.29) is 10.8 Å². The van der Waals surface area contributed by atoms with Gasteiger partial charge >= 0.3 is 6.18 Å². The van der Waals surface area contributed by atoms with Gasteiger partial charge in [0.25, 0.3) is 0 Å². The monoisotopic (exact) mass is 789 g/mol. The third kappa shape index (κ3) is 6.01. The average molecular weight is 790 g/mol. The molecule has 2 aliphatic heterocycles. The zero-order valence-electron chi connectivity index (χ0n) is 33.2. The van der Waals surface area contributed by atoms with Crippen LogP contribution in [0, 0.1) is 10.8 Å². The van der Waals surface area contributed by atoms with E-state index in [1.54, 1.807) is 29.6 Å². The summed E-state index contributed by atoms with van der Waals surface area (Å²) in [6, 6.07) is 28.5. The van der Waals surface area contributed by atoms with Crippen molar-refractivity contribution in [2.75, 3.05) is 30.5 Å². The van der Waals surface area contributed by atoms with Crippen LogP contribution in [0.15, 0.2) is 101 Å². The van der Waals surface area contributed by atoms with Crippen LogP contribution in [0.4, 0.5) is 18.9 Å². The normalized spacial score (nSPS) is 21.8. The second kappa shape index (κ2) is 13.4. The van der Waals surface area contributed by atoms with Gasteiger partial charge in [-0.25, -0.2) is 0 Å². The Morgan fingerprint density at radius 2 is 1.32 bits per heavy atom. The summed E-state index contributed by atoms with van der Waals surface area (Å²) in [7, 11) is 0. The number of benzene rings is 5. The van der Waals surface area contributed by atoms with Crippen LogP contribution in [0.3, 0.4) is 0 Å². The molecule has 290 valence electrons. The molecule has 1 atom stereocenters. The molecule has 2 nitrogen and oxygen atoms in total. The van der Waals surface area contributed by atoms with Crippen LogP contribution >= 0.6 is 23.5 Å². The zero-order valence-corrected chi connectivity index (χ0v) is 34.8. The Morgan fingerprint density at radius 1 is 0.696 bits per heavy atom. The highest BCUT2D eigenvalue weighted by atomic mass is 32.2. The molecule has 2 aliphatic carbocycles. The van der Waals surface area contributed by atoms with Gasteiger partial charge in [0.1, 0.15) is 5.75 Å². The molecule has 2 fully saturated rings. The molecule has 1 unspecified atom stereocenters. The minimum absolute atomic E-state index is 0.118. The average Bonchev–Trinajstić information content (AvgIpc) is 3.44. The Bertz CT molecular complexity index is 2360. The number of nitrogens with zero attached hydrogens (tertiary/aromatic N) is 1. The summed E-state index contributed by atoms with van der Waals surface area (Å²) in [5.74, 6) is 0.803. The van der Waals surface area contributed by atoms with Gasteiger partial charge in [-0.2, -0.15) is 13.2 Å². The molecule has 5 aromatic carbocycles. The number of halogens is 3. The molecular weight excluding hydrogens is 740 g/mol.